The molecule has 1 aromatic heterocycles. The summed E-state index contributed by atoms with van der Waals surface area (Å²) in [5.74, 6) is 0.305. The summed E-state index contributed by atoms with van der Waals surface area (Å²) in [4.78, 5) is 4.44. The summed E-state index contributed by atoms with van der Waals surface area (Å²) in [6, 6.07) is 0. The molecule has 1 aromatic rings. The van der Waals surface area contributed by atoms with Crippen LogP contribution in [0.4, 0.5) is 0 Å². The molecule has 0 aliphatic carbocycles. The minimum absolute atomic E-state index is 0.269. The molecule has 1 unspecified atom stereocenters. The van der Waals surface area contributed by atoms with Crippen molar-refractivity contribution in [1.82, 2.24) is 10.3 Å². The Bertz CT molecular complexity index is 286. The summed E-state index contributed by atoms with van der Waals surface area (Å²) in [6.45, 7) is 7.53. The average Bonchev–Trinajstić information content (AvgIpc) is 2.65. The number of aryl methyl sites for hydroxylation is 1. The van der Waals surface area contributed by atoms with Crippen LogP contribution in [0.25, 0.3) is 0 Å². The molecule has 1 rings (SSSR count). The number of aromatic nitrogens is 1. The van der Waals surface area contributed by atoms with Crippen LogP contribution in [0.2, 0.25) is 0 Å². The second-order valence-electron chi connectivity index (χ2n) is 4.03. The van der Waals surface area contributed by atoms with Gasteiger partial charge in [-0.05, 0) is 12.3 Å². The maximum absolute atomic E-state index is 9.58. The molecule has 0 radical (unpaired) electrons. The predicted molar refractivity (Wildman–Crippen MR) is 64.0 cm³/mol. The third kappa shape index (κ3) is 4.28. The zero-order valence-electron chi connectivity index (χ0n) is 9.66. The van der Waals surface area contributed by atoms with Crippen molar-refractivity contribution in [2.24, 2.45) is 5.92 Å². The normalized spacial score (nSPS) is 13.4. The highest BCUT2D eigenvalue weighted by atomic mass is 32.1. The molecule has 0 aliphatic rings. The van der Waals surface area contributed by atoms with Crippen LogP contribution in [-0.2, 0) is 13.0 Å². The van der Waals surface area contributed by atoms with Gasteiger partial charge in [0, 0.05) is 18.5 Å². The van der Waals surface area contributed by atoms with Crippen molar-refractivity contribution in [1.29, 1.82) is 0 Å². The minimum atomic E-state index is -0.269. The van der Waals surface area contributed by atoms with Crippen molar-refractivity contribution in [3.63, 3.8) is 0 Å². The van der Waals surface area contributed by atoms with Crippen molar-refractivity contribution in [3.8, 4) is 0 Å². The lowest BCUT2D eigenvalue weighted by Gasteiger charge is -2.14. The Labute approximate surface area is 95.6 Å². The molecule has 15 heavy (non-hydrogen) atoms. The Kier molecular flexibility index (Phi) is 5.22. The Morgan fingerprint density at radius 2 is 2.27 bits per heavy atom. The lowest BCUT2D eigenvalue weighted by molar-refractivity contribution is 0.123. The van der Waals surface area contributed by atoms with E-state index in [2.05, 4.69) is 22.6 Å². The lowest BCUT2D eigenvalue weighted by Crippen LogP contribution is -2.30. The summed E-state index contributed by atoms with van der Waals surface area (Å²) in [6.07, 6.45) is 0.730. The third-order valence-corrected chi connectivity index (χ3v) is 3.37. The minimum Gasteiger partial charge on any atom is -0.392 e. The highest BCUT2D eigenvalue weighted by Crippen LogP contribution is 2.09. The maximum atomic E-state index is 9.58. The number of thiazole rings is 1. The van der Waals surface area contributed by atoms with Crippen LogP contribution < -0.4 is 5.32 Å². The molecule has 0 aliphatic heterocycles. The summed E-state index contributed by atoms with van der Waals surface area (Å²) >= 11 is 1.70. The van der Waals surface area contributed by atoms with E-state index in [0.29, 0.717) is 12.5 Å². The number of nitrogens with one attached hydrogen (secondary N) is 1. The van der Waals surface area contributed by atoms with E-state index in [9.17, 15) is 5.11 Å². The van der Waals surface area contributed by atoms with Gasteiger partial charge in [-0.1, -0.05) is 20.8 Å². The van der Waals surface area contributed by atoms with E-state index >= 15 is 0 Å². The van der Waals surface area contributed by atoms with E-state index in [1.54, 1.807) is 11.3 Å². The summed E-state index contributed by atoms with van der Waals surface area (Å²) in [7, 11) is 0. The van der Waals surface area contributed by atoms with E-state index in [1.807, 2.05) is 13.8 Å². The lowest BCUT2D eigenvalue weighted by atomic mass is 10.1. The largest absolute Gasteiger partial charge is 0.392 e. The fourth-order valence-corrected chi connectivity index (χ4v) is 1.92. The van der Waals surface area contributed by atoms with Gasteiger partial charge in [0.25, 0.3) is 0 Å². The van der Waals surface area contributed by atoms with Crippen molar-refractivity contribution in [2.45, 2.75) is 39.8 Å². The van der Waals surface area contributed by atoms with E-state index in [0.717, 1.165) is 18.7 Å². The van der Waals surface area contributed by atoms with E-state index in [-0.39, 0.29) is 6.10 Å². The topological polar surface area (TPSA) is 45.2 Å². The van der Waals surface area contributed by atoms with Crippen LogP contribution in [0.5, 0.6) is 0 Å². The summed E-state index contributed by atoms with van der Waals surface area (Å²) in [5.41, 5.74) is 1.08. The number of rotatable bonds is 6. The molecular formula is C11H20N2OS. The van der Waals surface area contributed by atoms with Crippen LogP contribution in [0.1, 0.15) is 31.5 Å². The summed E-state index contributed by atoms with van der Waals surface area (Å²) in [5, 5.41) is 16.0. The zero-order valence-corrected chi connectivity index (χ0v) is 10.5. The number of hydrogen-bond acceptors (Lipinski definition) is 4. The highest BCUT2D eigenvalue weighted by Gasteiger charge is 2.08. The van der Waals surface area contributed by atoms with Gasteiger partial charge in [-0.15, -0.1) is 11.3 Å². The number of nitrogens with zero attached hydrogens (tertiary/aromatic N) is 1. The third-order valence-electron chi connectivity index (χ3n) is 2.33. The molecule has 1 atom stereocenters. The van der Waals surface area contributed by atoms with E-state index in [4.69, 9.17) is 0 Å². The zero-order chi connectivity index (χ0) is 11.3. The second-order valence-corrected chi connectivity index (χ2v) is 4.97. The molecule has 1 heterocycles. The smallest absolute Gasteiger partial charge is 0.0926 e. The first-order valence-electron chi connectivity index (χ1n) is 5.45. The molecule has 0 amide bonds. The van der Waals surface area contributed by atoms with Crippen LogP contribution in [0.3, 0.4) is 0 Å². The average molecular weight is 228 g/mol. The van der Waals surface area contributed by atoms with Crippen molar-refractivity contribution in [3.05, 3.63) is 16.1 Å². The van der Waals surface area contributed by atoms with Crippen molar-refractivity contribution >= 4 is 11.3 Å². The second kappa shape index (κ2) is 6.20. The fraction of sp³-hybridized carbons (Fsp3) is 0.727. The first-order valence-corrected chi connectivity index (χ1v) is 6.33. The SMILES string of the molecule is CCc1nc(CNCC(O)C(C)C)cs1. The molecule has 2 N–H and O–H groups in total. The molecular weight excluding hydrogens is 208 g/mol. The van der Waals surface area contributed by atoms with Crippen molar-refractivity contribution in [2.75, 3.05) is 6.54 Å². The molecule has 0 saturated heterocycles. The number of aliphatic hydroxyl groups excluding tert-OH is 1. The molecule has 0 fully saturated rings. The molecule has 3 nitrogen and oxygen atoms in total. The molecule has 0 bridgehead atoms. The molecule has 0 saturated carbocycles. The van der Waals surface area contributed by atoms with Gasteiger partial charge < -0.3 is 10.4 Å². The first-order chi connectivity index (χ1) is 7.13. The van der Waals surface area contributed by atoms with Gasteiger partial charge in [0.15, 0.2) is 0 Å². The van der Waals surface area contributed by atoms with Gasteiger partial charge in [0.2, 0.25) is 0 Å². The molecule has 4 heteroatoms. The van der Waals surface area contributed by atoms with Gasteiger partial charge in [0.1, 0.15) is 0 Å². The van der Waals surface area contributed by atoms with Crippen LogP contribution >= 0.6 is 11.3 Å². The van der Waals surface area contributed by atoms with Crippen molar-refractivity contribution < 1.29 is 5.11 Å². The van der Waals surface area contributed by atoms with Gasteiger partial charge in [-0.25, -0.2) is 4.98 Å². The van der Waals surface area contributed by atoms with Gasteiger partial charge in [-0.3, -0.25) is 0 Å². The summed E-state index contributed by atoms with van der Waals surface area (Å²) < 4.78 is 0. The highest BCUT2D eigenvalue weighted by molar-refractivity contribution is 7.09. The Morgan fingerprint density at radius 1 is 1.53 bits per heavy atom. The number of hydrogen-bond donors (Lipinski definition) is 2. The first kappa shape index (κ1) is 12.6. The van der Waals surface area contributed by atoms with Gasteiger partial charge >= 0.3 is 0 Å². The van der Waals surface area contributed by atoms with Crippen LogP contribution in [0, 0.1) is 5.92 Å². The van der Waals surface area contributed by atoms with E-state index in [1.165, 1.54) is 5.01 Å². The quantitative estimate of drug-likeness (QED) is 0.780. The van der Waals surface area contributed by atoms with Gasteiger partial charge in [0.05, 0.1) is 16.8 Å². The Hall–Kier alpha value is -0.450. The monoisotopic (exact) mass is 228 g/mol. The van der Waals surface area contributed by atoms with Crippen LogP contribution in [0.15, 0.2) is 5.38 Å². The maximum Gasteiger partial charge on any atom is 0.0926 e. The fourth-order valence-electron chi connectivity index (χ4n) is 1.18. The standard InChI is InChI=1S/C11H20N2OS/c1-4-11-13-9(7-15-11)5-12-6-10(14)8(2)3/h7-8,10,12,14H,4-6H2,1-3H3. The Balaban J connectivity index is 2.25. The van der Waals surface area contributed by atoms with Gasteiger partial charge in [-0.2, -0.15) is 0 Å². The van der Waals surface area contributed by atoms with Crippen LogP contribution in [-0.4, -0.2) is 22.7 Å². The molecule has 86 valence electrons. The Morgan fingerprint density at radius 3 is 2.80 bits per heavy atom. The molecule has 0 aromatic carbocycles. The predicted octanol–water partition coefficient (Wildman–Crippen LogP) is 1.81. The number of aliphatic hydroxyl groups is 1. The molecule has 0 spiro atoms. The van der Waals surface area contributed by atoms with E-state index < -0.39 is 0 Å².